The van der Waals surface area contributed by atoms with Crippen LogP contribution in [0.5, 0.6) is 0 Å². The van der Waals surface area contributed by atoms with Crippen LogP contribution in [0.2, 0.25) is 0 Å². The van der Waals surface area contributed by atoms with E-state index in [1.54, 1.807) is 0 Å². The number of nitrogens with zero attached hydrogens (tertiary/aromatic N) is 3. The first-order valence-corrected chi connectivity index (χ1v) is 7.05. The van der Waals surface area contributed by atoms with Crippen molar-refractivity contribution in [3.63, 3.8) is 0 Å². The Morgan fingerprint density at radius 1 is 1.28 bits per heavy atom. The van der Waals surface area contributed by atoms with Crippen molar-refractivity contribution in [2.24, 2.45) is 0 Å². The number of hydrogen-bond donors (Lipinski definition) is 1. The third-order valence-electron chi connectivity index (χ3n) is 2.88. The van der Waals surface area contributed by atoms with E-state index >= 15 is 0 Å². The summed E-state index contributed by atoms with van der Waals surface area (Å²) >= 11 is 1.45. The monoisotopic (exact) mass is 262 g/mol. The molecule has 96 valence electrons. The number of aryl methyl sites for hydroxylation is 1. The third kappa shape index (κ3) is 3.34. The van der Waals surface area contributed by atoms with Crippen LogP contribution < -0.4 is 5.32 Å². The highest BCUT2D eigenvalue weighted by atomic mass is 32.1. The number of nitrogens with one attached hydrogen (secondary N) is 1. The molecule has 0 aliphatic carbocycles. The van der Waals surface area contributed by atoms with Gasteiger partial charge in [-0.3, -0.25) is 4.98 Å². The molecule has 2 aromatic heterocycles. The molecule has 0 bridgehead atoms. The smallest absolute Gasteiger partial charge is 0.0669 e. The number of aromatic nitrogens is 3. The maximum absolute atomic E-state index is 4.51. The van der Waals surface area contributed by atoms with Gasteiger partial charge in [-0.2, -0.15) is 0 Å². The molecule has 0 radical (unpaired) electrons. The largest absolute Gasteiger partial charge is 0.309 e. The molecule has 2 rings (SSSR count). The summed E-state index contributed by atoms with van der Waals surface area (Å²) in [7, 11) is 0. The summed E-state index contributed by atoms with van der Waals surface area (Å²) in [5, 5.41) is 7.35. The summed E-state index contributed by atoms with van der Waals surface area (Å²) in [5.41, 5.74) is 2.38. The summed E-state index contributed by atoms with van der Waals surface area (Å²) < 4.78 is 3.93. The third-order valence-corrected chi connectivity index (χ3v) is 3.66. The van der Waals surface area contributed by atoms with Crippen molar-refractivity contribution >= 4 is 11.5 Å². The van der Waals surface area contributed by atoms with Crippen molar-refractivity contribution in [1.29, 1.82) is 0 Å². The van der Waals surface area contributed by atoms with Gasteiger partial charge in [-0.1, -0.05) is 24.4 Å². The van der Waals surface area contributed by atoms with Crippen LogP contribution in [0.3, 0.4) is 0 Å². The van der Waals surface area contributed by atoms with Gasteiger partial charge in [0.1, 0.15) is 0 Å². The number of rotatable bonds is 6. The Balaban J connectivity index is 2.08. The first kappa shape index (κ1) is 13.1. The Morgan fingerprint density at radius 3 is 2.72 bits per heavy atom. The van der Waals surface area contributed by atoms with Crippen LogP contribution in [0, 0.1) is 0 Å². The first-order valence-electron chi connectivity index (χ1n) is 6.28. The summed E-state index contributed by atoms with van der Waals surface area (Å²) in [4.78, 5) is 5.67. The van der Waals surface area contributed by atoms with Crippen molar-refractivity contribution in [3.8, 4) is 0 Å². The lowest BCUT2D eigenvalue weighted by atomic mass is 10.1. The molecule has 0 aliphatic heterocycles. The predicted molar refractivity (Wildman–Crippen MR) is 73.6 cm³/mol. The lowest BCUT2D eigenvalue weighted by Gasteiger charge is -2.15. The highest BCUT2D eigenvalue weighted by molar-refractivity contribution is 7.05. The van der Waals surface area contributed by atoms with E-state index in [1.165, 1.54) is 22.0 Å². The molecular formula is C13H18N4S. The average molecular weight is 262 g/mol. The molecule has 1 atom stereocenters. The van der Waals surface area contributed by atoms with E-state index in [-0.39, 0.29) is 6.04 Å². The molecule has 5 heteroatoms. The van der Waals surface area contributed by atoms with Crippen molar-refractivity contribution in [2.75, 3.05) is 6.54 Å². The molecule has 0 aromatic carbocycles. The van der Waals surface area contributed by atoms with Crippen molar-refractivity contribution in [1.82, 2.24) is 19.9 Å². The summed E-state index contributed by atoms with van der Waals surface area (Å²) in [6.45, 7) is 5.17. The fourth-order valence-corrected chi connectivity index (χ4v) is 2.42. The van der Waals surface area contributed by atoms with E-state index in [0.717, 1.165) is 25.1 Å². The molecule has 0 fully saturated rings. The first-order chi connectivity index (χ1) is 8.83. The minimum absolute atomic E-state index is 0.259. The normalized spacial score (nSPS) is 12.6. The quantitative estimate of drug-likeness (QED) is 0.868. The number of pyridine rings is 1. The van der Waals surface area contributed by atoms with Gasteiger partial charge in [0.2, 0.25) is 0 Å². The molecular weight excluding hydrogens is 244 g/mol. The maximum atomic E-state index is 4.51. The topological polar surface area (TPSA) is 50.7 Å². The number of likely N-dealkylation sites (N-methyl/N-ethyl adjacent to an activating group) is 1. The molecule has 0 amide bonds. The van der Waals surface area contributed by atoms with Crippen LogP contribution in [0.1, 0.15) is 36.0 Å². The minimum Gasteiger partial charge on any atom is -0.309 e. The standard InChI is InChI=1S/C13H18N4S/c1-3-10-5-6-11(15-8-10)7-12(14-4-2)13-9-16-17-18-13/h5-6,8-9,12,14H,3-4,7H2,1-2H3. The molecule has 2 heterocycles. The van der Waals surface area contributed by atoms with Crippen LogP contribution in [0.25, 0.3) is 0 Å². The number of hydrogen-bond acceptors (Lipinski definition) is 5. The van der Waals surface area contributed by atoms with Crippen LogP contribution in [0.15, 0.2) is 24.5 Å². The molecule has 0 aliphatic rings. The van der Waals surface area contributed by atoms with Crippen LogP contribution in [-0.4, -0.2) is 21.1 Å². The van der Waals surface area contributed by atoms with Gasteiger partial charge >= 0.3 is 0 Å². The molecule has 1 unspecified atom stereocenters. The maximum Gasteiger partial charge on any atom is 0.0669 e. The van der Waals surface area contributed by atoms with Crippen molar-refractivity contribution in [3.05, 3.63) is 40.7 Å². The molecule has 0 saturated carbocycles. The Morgan fingerprint density at radius 2 is 2.17 bits per heavy atom. The van der Waals surface area contributed by atoms with Crippen molar-refractivity contribution < 1.29 is 0 Å². The van der Waals surface area contributed by atoms with Crippen LogP contribution in [-0.2, 0) is 12.8 Å². The second kappa shape index (κ2) is 6.56. The summed E-state index contributed by atoms with van der Waals surface area (Å²) in [5.74, 6) is 0. The van der Waals surface area contributed by atoms with Gasteiger partial charge in [0.25, 0.3) is 0 Å². The van der Waals surface area contributed by atoms with Crippen molar-refractivity contribution in [2.45, 2.75) is 32.7 Å². The van der Waals surface area contributed by atoms with Gasteiger partial charge in [0.05, 0.1) is 17.1 Å². The Kier molecular flexibility index (Phi) is 4.78. The lowest BCUT2D eigenvalue weighted by molar-refractivity contribution is 0.551. The van der Waals surface area contributed by atoms with Gasteiger partial charge in [0.15, 0.2) is 0 Å². The second-order valence-electron chi connectivity index (χ2n) is 4.15. The van der Waals surface area contributed by atoms with Gasteiger partial charge in [-0.25, -0.2) is 0 Å². The molecule has 2 aromatic rings. The summed E-state index contributed by atoms with van der Waals surface area (Å²) in [6, 6.07) is 4.52. The zero-order valence-electron chi connectivity index (χ0n) is 10.8. The predicted octanol–water partition coefficient (Wildman–Crippen LogP) is 2.39. The van der Waals surface area contributed by atoms with E-state index < -0.39 is 0 Å². The van der Waals surface area contributed by atoms with Crippen LogP contribution in [0.4, 0.5) is 0 Å². The molecule has 4 nitrogen and oxygen atoms in total. The fourth-order valence-electron chi connectivity index (χ4n) is 1.84. The molecule has 0 spiro atoms. The Bertz CT molecular complexity index is 452. The Labute approximate surface area is 112 Å². The van der Waals surface area contributed by atoms with E-state index in [4.69, 9.17) is 0 Å². The minimum atomic E-state index is 0.259. The van der Waals surface area contributed by atoms with Crippen LogP contribution >= 0.6 is 11.5 Å². The van der Waals surface area contributed by atoms with Gasteiger partial charge in [-0.15, -0.1) is 5.10 Å². The molecule has 18 heavy (non-hydrogen) atoms. The van der Waals surface area contributed by atoms with Gasteiger partial charge in [-0.05, 0) is 36.1 Å². The van der Waals surface area contributed by atoms with Gasteiger partial charge < -0.3 is 5.32 Å². The zero-order chi connectivity index (χ0) is 12.8. The van der Waals surface area contributed by atoms with E-state index in [1.807, 2.05) is 12.4 Å². The SMILES string of the molecule is CCNC(Cc1ccc(CC)cn1)c1cnns1. The summed E-state index contributed by atoms with van der Waals surface area (Å²) in [6.07, 6.45) is 5.70. The fraction of sp³-hybridized carbons (Fsp3) is 0.462. The zero-order valence-corrected chi connectivity index (χ0v) is 11.6. The van der Waals surface area contributed by atoms with Gasteiger partial charge in [0, 0.05) is 18.3 Å². The van der Waals surface area contributed by atoms with E-state index in [9.17, 15) is 0 Å². The molecule has 1 N–H and O–H groups in total. The average Bonchev–Trinajstić information content (AvgIpc) is 2.93. The highest BCUT2D eigenvalue weighted by Gasteiger charge is 2.14. The Hall–Kier alpha value is -1.33. The second-order valence-corrected chi connectivity index (χ2v) is 4.96. The lowest BCUT2D eigenvalue weighted by Crippen LogP contribution is -2.22. The van der Waals surface area contributed by atoms with E-state index in [0.29, 0.717) is 0 Å². The molecule has 0 saturated heterocycles. The van der Waals surface area contributed by atoms with E-state index in [2.05, 4.69) is 45.9 Å². The highest BCUT2D eigenvalue weighted by Crippen LogP contribution is 2.19.